The molecule has 4 aromatic rings. The van der Waals surface area contributed by atoms with Gasteiger partial charge in [0.1, 0.15) is 0 Å². The van der Waals surface area contributed by atoms with Crippen molar-refractivity contribution in [2.24, 2.45) is 0 Å². The number of hydrogen-bond acceptors (Lipinski definition) is 5. The van der Waals surface area contributed by atoms with Gasteiger partial charge in [0.15, 0.2) is 5.78 Å². The molecule has 1 aliphatic rings. The maximum absolute atomic E-state index is 13.4. The number of fused-ring (bicyclic) bond motifs is 2. The summed E-state index contributed by atoms with van der Waals surface area (Å²) in [6.45, 7) is -0.470. The lowest BCUT2D eigenvalue weighted by Gasteiger charge is -2.13. The molecule has 8 nitrogen and oxygen atoms in total. The summed E-state index contributed by atoms with van der Waals surface area (Å²) in [6.07, 6.45) is 0. The van der Waals surface area contributed by atoms with Gasteiger partial charge in [-0.2, -0.15) is 0 Å². The van der Waals surface area contributed by atoms with Gasteiger partial charge >= 0.3 is 0 Å². The van der Waals surface area contributed by atoms with Gasteiger partial charge < -0.3 is 4.98 Å². The van der Waals surface area contributed by atoms with Crippen molar-refractivity contribution in [1.29, 1.82) is 0 Å². The van der Waals surface area contributed by atoms with Crippen molar-refractivity contribution in [3.63, 3.8) is 0 Å². The lowest BCUT2D eigenvalue weighted by atomic mass is 10.0. The molecule has 156 valence electrons. The van der Waals surface area contributed by atoms with Crippen LogP contribution in [0.2, 0.25) is 0 Å². The highest BCUT2D eigenvalue weighted by molar-refractivity contribution is 6.24. The van der Waals surface area contributed by atoms with E-state index < -0.39 is 29.1 Å². The highest BCUT2D eigenvalue weighted by Crippen LogP contribution is 2.32. The Labute approximate surface area is 181 Å². The first-order chi connectivity index (χ1) is 15.5. The number of aromatic nitrogens is 1. The summed E-state index contributed by atoms with van der Waals surface area (Å²) in [6, 6.07) is 20.1. The maximum Gasteiger partial charge on any atom is 0.270 e. The van der Waals surface area contributed by atoms with Crippen molar-refractivity contribution < 1.29 is 19.3 Å². The van der Waals surface area contributed by atoms with E-state index >= 15 is 0 Å². The van der Waals surface area contributed by atoms with Crippen LogP contribution in [0.1, 0.15) is 31.1 Å². The van der Waals surface area contributed by atoms with E-state index in [-0.39, 0.29) is 16.8 Å². The first-order valence-corrected chi connectivity index (χ1v) is 9.79. The van der Waals surface area contributed by atoms with Crippen molar-refractivity contribution in [1.82, 2.24) is 9.88 Å². The zero-order valence-corrected chi connectivity index (χ0v) is 16.6. The minimum absolute atomic E-state index is 0.0515. The Morgan fingerprint density at radius 1 is 0.906 bits per heavy atom. The average Bonchev–Trinajstić information content (AvgIpc) is 3.31. The number of nitrogens with one attached hydrogen (secondary N) is 1. The molecule has 0 aliphatic carbocycles. The SMILES string of the molecule is O=C(CN1C(=O)c2ccc([N+](=O)[O-])cc2C1=O)c1c(-c2ccccc2)[nH]c2ccccc12. The summed E-state index contributed by atoms with van der Waals surface area (Å²) in [5.41, 5.74) is 2.23. The lowest BCUT2D eigenvalue weighted by Crippen LogP contribution is -2.35. The molecule has 5 rings (SSSR count). The topological polar surface area (TPSA) is 113 Å². The van der Waals surface area contributed by atoms with E-state index in [1.807, 2.05) is 48.5 Å². The zero-order valence-electron chi connectivity index (χ0n) is 16.6. The van der Waals surface area contributed by atoms with E-state index in [1.165, 1.54) is 12.1 Å². The molecule has 0 bridgehead atoms. The summed E-state index contributed by atoms with van der Waals surface area (Å²) < 4.78 is 0. The Balaban J connectivity index is 1.54. The van der Waals surface area contributed by atoms with Crippen molar-refractivity contribution in [2.75, 3.05) is 6.54 Å². The number of nitrogens with zero attached hydrogens (tertiary/aromatic N) is 2. The zero-order chi connectivity index (χ0) is 22.4. The van der Waals surface area contributed by atoms with Crippen LogP contribution in [0.3, 0.4) is 0 Å². The third-order valence-corrected chi connectivity index (χ3v) is 5.51. The smallest absolute Gasteiger partial charge is 0.270 e. The number of imide groups is 1. The van der Waals surface area contributed by atoms with Gasteiger partial charge in [0.25, 0.3) is 17.5 Å². The van der Waals surface area contributed by atoms with Crippen molar-refractivity contribution in [3.05, 3.63) is 99.6 Å². The number of nitro groups is 1. The number of ketones is 1. The number of para-hydroxylation sites is 1. The minimum atomic E-state index is -0.719. The number of carbonyl (C=O) groups is 3. The van der Waals surface area contributed by atoms with Gasteiger partial charge in [-0.3, -0.25) is 29.4 Å². The van der Waals surface area contributed by atoms with E-state index in [0.717, 1.165) is 22.0 Å². The number of nitro benzene ring substituents is 1. The number of benzene rings is 3. The first-order valence-electron chi connectivity index (χ1n) is 9.79. The van der Waals surface area contributed by atoms with E-state index in [2.05, 4.69) is 4.98 Å². The third-order valence-electron chi connectivity index (χ3n) is 5.51. The summed E-state index contributed by atoms with van der Waals surface area (Å²) in [4.78, 5) is 53.5. The van der Waals surface area contributed by atoms with Crippen molar-refractivity contribution in [3.8, 4) is 11.3 Å². The second kappa shape index (κ2) is 7.28. The Kier molecular flexibility index (Phi) is 4.41. The Bertz CT molecular complexity index is 1440. The van der Waals surface area contributed by atoms with Crippen molar-refractivity contribution >= 4 is 34.2 Å². The molecule has 0 saturated heterocycles. The molecule has 2 heterocycles. The molecule has 3 aromatic carbocycles. The molecular weight excluding hydrogens is 410 g/mol. The van der Waals surface area contributed by atoms with E-state index in [9.17, 15) is 24.5 Å². The molecular formula is C24H15N3O5. The van der Waals surface area contributed by atoms with Crippen LogP contribution in [0.5, 0.6) is 0 Å². The molecule has 1 N–H and O–H groups in total. The van der Waals surface area contributed by atoms with Crippen LogP contribution in [-0.4, -0.2) is 38.9 Å². The van der Waals surface area contributed by atoms with Gasteiger partial charge in [-0.15, -0.1) is 0 Å². The van der Waals surface area contributed by atoms with Crippen LogP contribution < -0.4 is 0 Å². The molecule has 1 aromatic heterocycles. The molecule has 2 amide bonds. The number of non-ortho nitro benzene ring substituents is 1. The molecule has 8 heteroatoms. The highest BCUT2D eigenvalue weighted by Gasteiger charge is 2.38. The van der Waals surface area contributed by atoms with Gasteiger partial charge in [0.2, 0.25) is 0 Å². The van der Waals surface area contributed by atoms with E-state index in [1.54, 1.807) is 6.07 Å². The number of H-pyrrole nitrogens is 1. The summed E-state index contributed by atoms with van der Waals surface area (Å²) in [7, 11) is 0. The summed E-state index contributed by atoms with van der Waals surface area (Å²) in [5, 5.41) is 11.7. The number of carbonyl (C=O) groups excluding carboxylic acids is 3. The van der Waals surface area contributed by atoms with Crippen LogP contribution >= 0.6 is 0 Å². The normalized spacial score (nSPS) is 12.9. The van der Waals surface area contributed by atoms with Gasteiger partial charge in [0.05, 0.1) is 33.9 Å². The highest BCUT2D eigenvalue weighted by atomic mass is 16.6. The largest absolute Gasteiger partial charge is 0.354 e. The maximum atomic E-state index is 13.4. The predicted octanol–water partition coefficient (Wildman–Crippen LogP) is 4.22. The van der Waals surface area contributed by atoms with Crippen LogP contribution in [0.15, 0.2) is 72.8 Å². The van der Waals surface area contributed by atoms with Crippen LogP contribution in [0, 0.1) is 10.1 Å². The average molecular weight is 425 g/mol. The van der Waals surface area contributed by atoms with Crippen molar-refractivity contribution in [2.45, 2.75) is 0 Å². The van der Waals surface area contributed by atoms with Gasteiger partial charge in [-0.05, 0) is 17.7 Å². The Hall–Kier alpha value is -4.59. The number of aromatic amines is 1. The predicted molar refractivity (Wildman–Crippen MR) is 117 cm³/mol. The number of Topliss-reactive ketones (excluding diaryl/α,β-unsaturated/α-hetero) is 1. The number of hydrogen-bond donors (Lipinski definition) is 1. The van der Waals surface area contributed by atoms with Gasteiger partial charge in [-0.1, -0.05) is 48.5 Å². The standard InChI is InChI=1S/C24H15N3O5/c28-20(13-26-23(29)16-11-10-15(27(31)32)12-18(16)24(26)30)21-17-8-4-5-9-19(17)25-22(21)14-6-2-1-3-7-14/h1-12,25H,13H2. The fourth-order valence-corrected chi connectivity index (χ4v) is 4.01. The molecule has 0 radical (unpaired) electrons. The minimum Gasteiger partial charge on any atom is -0.354 e. The van der Waals surface area contributed by atoms with Crippen LogP contribution in [-0.2, 0) is 0 Å². The second-order valence-corrected chi connectivity index (χ2v) is 7.39. The summed E-state index contributed by atoms with van der Waals surface area (Å²) >= 11 is 0. The summed E-state index contributed by atoms with van der Waals surface area (Å²) in [5.74, 6) is -1.78. The van der Waals surface area contributed by atoms with Crippen LogP contribution in [0.4, 0.5) is 5.69 Å². The lowest BCUT2D eigenvalue weighted by molar-refractivity contribution is -0.384. The fraction of sp³-hybridized carbons (Fsp3) is 0.0417. The number of rotatable bonds is 5. The molecule has 32 heavy (non-hydrogen) atoms. The molecule has 0 atom stereocenters. The fourth-order valence-electron chi connectivity index (χ4n) is 4.01. The first kappa shape index (κ1) is 19.4. The van der Waals surface area contributed by atoms with Crippen LogP contribution in [0.25, 0.3) is 22.2 Å². The number of amides is 2. The molecule has 0 unspecified atom stereocenters. The molecule has 0 saturated carbocycles. The third kappa shape index (κ3) is 2.97. The Morgan fingerprint density at radius 2 is 1.59 bits per heavy atom. The molecule has 0 fully saturated rings. The van der Waals surface area contributed by atoms with Gasteiger partial charge in [-0.25, -0.2) is 0 Å². The van der Waals surface area contributed by atoms with Gasteiger partial charge in [0, 0.05) is 23.0 Å². The molecule has 0 spiro atoms. The quantitative estimate of drug-likeness (QED) is 0.223. The van der Waals surface area contributed by atoms with E-state index in [4.69, 9.17) is 0 Å². The molecule has 1 aliphatic heterocycles. The Morgan fingerprint density at radius 3 is 2.34 bits per heavy atom. The monoisotopic (exact) mass is 425 g/mol. The van der Waals surface area contributed by atoms with E-state index in [0.29, 0.717) is 16.6 Å². The second-order valence-electron chi connectivity index (χ2n) is 7.39.